The van der Waals surface area contributed by atoms with E-state index in [2.05, 4.69) is 40.0 Å². The number of likely N-dealkylation sites (tertiary alicyclic amines) is 1. The molecule has 1 aliphatic rings. The van der Waals surface area contributed by atoms with Gasteiger partial charge in [0.05, 0.1) is 7.11 Å². The molecule has 0 amide bonds. The second-order valence-corrected chi connectivity index (χ2v) is 8.93. The standard InChI is InChI=1S/C27H35N3O3/c1-29(17-21-12-13-26(32-2)27-24(21)10-8-14-28-27)18-22-9-4-5-11-25(22)33-20-23(31)19-30-15-6-3-7-16-30/h4-5,8-14,23,31H,3,6-7,15-20H2,1-2H3. The van der Waals surface area contributed by atoms with Crippen molar-refractivity contribution in [2.45, 2.75) is 38.5 Å². The third-order valence-electron chi connectivity index (χ3n) is 6.24. The van der Waals surface area contributed by atoms with Crippen molar-refractivity contribution in [3.8, 4) is 11.5 Å². The first-order valence-corrected chi connectivity index (χ1v) is 11.8. The van der Waals surface area contributed by atoms with Crippen molar-refractivity contribution in [3.05, 3.63) is 65.9 Å². The molecule has 1 atom stereocenters. The highest BCUT2D eigenvalue weighted by Gasteiger charge is 2.16. The predicted molar refractivity (Wildman–Crippen MR) is 132 cm³/mol. The number of aromatic nitrogens is 1. The minimum atomic E-state index is -0.480. The van der Waals surface area contributed by atoms with Crippen LogP contribution in [0.5, 0.6) is 11.5 Å². The summed E-state index contributed by atoms with van der Waals surface area (Å²) in [5, 5.41) is 11.6. The molecule has 4 rings (SSSR count). The van der Waals surface area contributed by atoms with Crippen molar-refractivity contribution in [2.24, 2.45) is 0 Å². The van der Waals surface area contributed by atoms with Gasteiger partial charge >= 0.3 is 0 Å². The number of β-amino-alcohol motifs (C(OH)–C–C–N with tert-alkyl or cyclic N) is 1. The zero-order valence-electron chi connectivity index (χ0n) is 19.7. The second kappa shape index (κ2) is 11.5. The molecule has 6 heteroatoms. The highest BCUT2D eigenvalue weighted by Crippen LogP contribution is 2.28. The lowest BCUT2D eigenvalue weighted by atomic mass is 10.1. The van der Waals surface area contributed by atoms with Gasteiger partial charge in [-0.2, -0.15) is 0 Å². The van der Waals surface area contributed by atoms with Crippen molar-refractivity contribution in [1.82, 2.24) is 14.8 Å². The first-order valence-electron chi connectivity index (χ1n) is 11.8. The Morgan fingerprint density at radius 3 is 2.58 bits per heavy atom. The normalized spacial score (nSPS) is 15.6. The number of hydrogen-bond acceptors (Lipinski definition) is 6. The molecule has 0 saturated carbocycles. The van der Waals surface area contributed by atoms with Crippen molar-refractivity contribution >= 4 is 10.9 Å². The number of para-hydroxylation sites is 1. The van der Waals surface area contributed by atoms with Crippen LogP contribution >= 0.6 is 0 Å². The molecule has 0 aliphatic carbocycles. The van der Waals surface area contributed by atoms with Gasteiger partial charge in [-0.3, -0.25) is 9.88 Å². The van der Waals surface area contributed by atoms with Crippen LogP contribution in [-0.2, 0) is 13.1 Å². The fraction of sp³-hybridized carbons (Fsp3) is 0.444. The molecule has 1 unspecified atom stereocenters. The summed E-state index contributed by atoms with van der Waals surface area (Å²) < 4.78 is 11.5. The Morgan fingerprint density at radius 2 is 1.76 bits per heavy atom. The van der Waals surface area contributed by atoms with E-state index < -0.39 is 6.10 Å². The fourth-order valence-corrected chi connectivity index (χ4v) is 4.60. The molecule has 176 valence electrons. The molecule has 1 N–H and O–H groups in total. The minimum absolute atomic E-state index is 0.312. The first-order chi connectivity index (χ1) is 16.1. The summed E-state index contributed by atoms with van der Waals surface area (Å²) in [5.74, 6) is 1.63. The number of fused-ring (bicyclic) bond motifs is 1. The number of methoxy groups -OCH3 is 1. The number of pyridine rings is 1. The smallest absolute Gasteiger partial charge is 0.145 e. The van der Waals surface area contributed by atoms with Gasteiger partial charge in [-0.05, 0) is 56.7 Å². The van der Waals surface area contributed by atoms with Crippen molar-refractivity contribution in [1.29, 1.82) is 0 Å². The summed E-state index contributed by atoms with van der Waals surface area (Å²) in [6, 6.07) is 16.3. The van der Waals surface area contributed by atoms with Crippen LogP contribution in [0.25, 0.3) is 10.9 Å². The van der Waals surface area contributed by atoms with Crippen LogP contribution in [0.15, 0.2) is 54.7 Å². The summed E-state index contributed by atoms with van der Waals surface area (Å²) in [5.41, 5.74) is 3.20. The summed E-state index contributed by atoms with van der Waals surface area (Å²) in [6.45, 7) is 4.67. The molecule has 1 aromatic heterocycles. The van der Waals surface area contributed by atoms with Gasteiger partial charge in [-0.25, -0.2) is 0 Å². The molecular formula is C27H35N3O3. The molecule has 6 nitrogen and oxygen atoms in total. The number of benzene rings is 2. The number of aliphatic hydroxyl groups excluding tert-OH is 1. The van der Waals surface area contributed by atoms with E-state index in [0.717, 1.165) is 54.1 Å². The highest BCUT2D eigenvalue weighted by molar-refractivity contribution is 5.87. The molecule has 1 saturated heterocycles. The van der Waals surface area contributed by atoms with Gasteiger partial charge in [0.2, 0.25) is 0 Å². The molecule has 0 bridgehead atoms. The maximum absolute atomic E-state index is 10.5. The van der Waals surface area contributed by atoms with Crippen molar-refractivity contribution < 1.29 is 14.6 Å². The molecule has 0 spiro atoms. The van der Waals surface area contributed by atoms with E-state index in [1.54, 1.807) is 13.3 Å². The maximum atomic E-state index is 10.5. The largest absolute Gasteiger partial charge is 0.494 e. The Morgan fingerprint density at radius 1 is 0.970 bits per heavy atom. The van der Waals surface area contributed by atoms with Crippen LogP contribution in [0.4, 0.5) is 0 Å². The van der Waals surface area contributed by atoms with E-state index in [1.165, 1.54) is 24.8 Å². The summed E-state index contributed by atoms with van der Waals surface area (Å²) in [4.78, 5) is 9.11. The number of hydrogen-bond donors (Lipinski definition) is 1. The number of nitrogens with zero attached hydrogens (tertiary/aromatic N) is 3. The van der Waals surface area contributed by atoms with E-state index in [-0.39, 0.29) is 0 Å². The zero-order valence-corrected chi connectivity index (χ0v) is 19.7. The van der Waals surface area contributed by atoms with Gasteiger partial charge in [0.25, 0.3) is 0 Å². The van der Waals surface area contributed by atoms with Gasteiger partial charge in [0.15, 0.2) is 0 Å². The van der Waals surface area contributed by atoms with Gasteiger partial charge in [-0.15, -0.1) is 0 Å². The van der Waals surface area contributed by atoms with Gasteiger partial charge < -0.3 is 19.5 Å². The Hall–Kier alpha value is -2.67. The second-order valence-electron chi connectivity index (χ2n) is 8.93. The molecule has 33 heavy (non-hydrogen) atoms. The maximum Gasteiger partial charge on any atom is 0.145 e. The molecule has 2 aromatic carbocycles. The van der Waals surface area contributed by atoms with Crippen LogP contribution < -0.4 is 9.47 Å². The van der Waals surface area contributed by atoms with E-state index in [0.29, 0.717) is 13.2 Å². The first kappa shape index (κ1) is 23.5. The Labute approximate surface area is 196 Å². The molecular weight excluding hydrogens is 414 g/mol. The Balaban J connectivity index is 1.38. The van der Waals surface area contributed by atoms with Gasteiger partial charge in [-0.1, -0.05) is 36.8 Å². The SMILES string of the molecule is COc1ccc(CN(C)Cc2ccccc2OCC(O)CN2CCCCC2)c2cccnc12. The van der Waals surface area contributed by atoms with Gasteiger partial charge in [0.1, 0.15) is 29.7 Å². The zero-order chi connectivity index (χ0) is 23.0. The number of ether oxygens (including phenoxy) is 2. The summed E-state index contributed by atoms with van der Waals surface area (Å²) >= 11 is 0. The molecule has 0 radical (unpaired) electrons. The van der Waals surface area contributed by atoms with Crippen LogP contribution in [0.2, 0.25) is 0 Å². The lowest BCUT2D eigenvalue weighted by Crippen LogP contribution is -2.38. The quantitative estimate of drug-likeness (QED) is 0.503. The Kier molecular flexibility index (Phi) is 8.15. The lowest BCUT2D eigenvalue weighted by molar-refractivity contribution is 0.0612. The van der Waals surface area contributed by atoms with Gasteiger partial charge in [0, 0.05) is 36.8 Å². The van der Waals surface area contributed by atoms with Crippen molar-refractivity contribution in [3.63, 3.8) is 0 Å². The van der Waals surface area contributed by atoms with E-state index >= 15 is 0 Å². The fourth-order valence-electron chi connectivity index (χ4n) is 4.60. The summed E-state index contributed by atoms with van der Waals surface area (Å²) in [7, 11) is 3.78. The van der Waals surface area contributed by atoms with Crippen LogP contribution in [0.1, 0.15) is 30.4 Å². The molecule has 1 aliphatic heterocycles. The van der Waals surface area contributed by atoms with E-state index in [9.17, 15) is 5.11 Å². The molecule has 1 fully saturated rings. The lowest BCUT2D eigenvalue weighted by Gasteiger charge is -2.28. The minimum Gasteiger partial charge on any atom is -0.494 e. The van der Waals surface area contributed by atoms with Crippen LogP contribution in [-0.4, -0.2) is 66.4 Å². The summed E-state index contributed by atoms with van der Waals surface area (Å²) in [6.07, 6.45) is 5.07. The average Bonchev–Trinajstić information content (AvgIpc) is 2.84. The monoisotopic (exact) mass is 449 g/mol. The molecule has 2 heterocycles. The van der Waals surface area contributed by atoms with Crippen LogP contribution in [0, 0.1) is 0 Å². The van der Waals surface area contributed by atoms with E-state index in [1.807, 2.05) is 30.3 Å². The van der Waals surface area contributed by atoms with Crippen molar-refractivity contribution in [2.75, 3.05) is 40.4 Å². The van der Waals surface area contributed by atoms with E-state index in [4.69, 9.17) is 9.47 Å². The Bertz CT molecular complexity index is 1040. The average molecular weight is 450 g/mol. The highest BCUT2D eigenvalue weighted by atomic mass is 16.5. The third-order valence-corrected chi connectivity index (χ3v) is 6.24. The number of aliphatic hydroxyl groups is 1. The molecule has 3 aromatic rings. The number of piperidine rings is 1. The predicted octanol–water partition coefficient (Wildman–Crippen LogP) is 4.10. The number of rotatable bonds is 10. The topological polar surface area (TPSA) is 58.1 Å². The third kappa shape index (κ3) is 6.22. The van der Waals surface area contributed by atoms with Crippen LogP contribution in [0.3, 0.4) is 0 Å².